The fourth-order valence-electron chi connectivity index (χ4n) is 3.85. The zero-order valence-electron chi connectivity index (χ0n) is 18.5. The number of ether oxygens (including phenoxy) is 3. The third kappa shape index (κ3) is 4.93. The second-order valence-electron chi connectivity index (χ2n) is 7.88. The molecule has 2 unspecified atom stereocenters. The van der Waals surface area contributed by atoms with Gasteiger partial charge in [0.2, 0.25) is 5.91 Å². The van der Waals surface area contributed by atoms with Crippen molar-refractivity contribution in [2.24, 2.45) is 0 Å². The quantitative estimate of drug-likeness (QED) is 0.722. The number of rotatable bonds is 7. The molecule has 0 radical (unpaired) electrons. The summed E-state index contributed by atoms with van der Waals surface area (Å²) in [6.45, 7) is 4.36. The van der Waals surface area contributed by atoms with Crippen LogP contribution in [0.2, 0.25) is 0 Å². The van der Waals surface area contributed by atoms with Crippen molar-refractivity contribution >= 4 is 12.0 Å². The monoisotopic (exact) mass is 426 g/mol. The van der Waals surface area contributed by atoms with Gasteiger partial charge in [0.05, 0.1) is 20.3 Å². The van der Waals surface area contributed by atoms with Crippen LogP contribution in [0.25, 0.3) is 0 Å². The first-order chi connectivity index (χ1) is 14.9. The second kappa shape index (κ2) is 9.73. The minimum atomic E-state index is -0.960. The number of nitrogens with zero attached hydrogens (tertiary/aromatic N) is 1. The van der Waals surface area contributed by atoms with Crippen molar-refractivity contribution in [3.63, 3.8) is 0 Å². The van der Waals surface area contributed by atoms with E-state index in [1.54, 1.807) is 27.2 Å². The molecule has 2 atom stereocenters. The van der Waals surface area contributed by atoms with Gasteiger partial charge in [-0.2, -0.15) is 0 Å². The Bertz CT molecular complexity index is 917. The molecule has 1 N–H and O–H groups in total. The van der Waals surface area contributed by atoms with Crippen molar-refractivity contribution < 1.29 is 23.8 Å². The largest absolute Gasteiger partial charge is 0.493 e. The molecule has 1 saturated heterocycles. The predicted molar refractivity (Wildman–Crippen MR) is 117 cm³/mol. The second-order valence-corrected chi connectivity index (χ2v) is 7.88. The van der Waals surface area contributed by atoms with Crippen LogP contribution >= 0.6 is 0 Å². The lowest BCUT2D eigenvalue weighted by Crippen LogP contribution is -2.55. The number of nitrogens with one attached hydrogen (secondary N) is 1. The normalized spacial score (nSPS) is 18.9. The van der Waals surface area contributed by atoms with E-state index in [2.05, 4.69) is 5.32 Å². The molecule has 0 aromatic heterocycles. The summed E-state index contributed by atoms with van der Waals surface area (Å²) >= 11 is 0. The van der Waals surface area contributed by atoms with Gasteiger partial charge in [0.15, 0.2) is 11.5 Å². The van der Waals surface area contributed by atoms with E-state index in [0.717, 1.165) is 17.5 Å². The molecule has 166 valence electrons. The molecule has 7 heteroatoms. The highest BCUT2D eigenvalue weighted by molar-refractivity contribution is 5.90. The fourth-order valence-corrected chi connectivity index (χ4v) is 3.85. The summed E-state index contributed by atoms with van der Waals surface area (Å²) in [5.41, 5.74) is 0.826. The summed E-state index contributed by atoms with van der Waals surface area (Å²) in [6.07, 6.45) is 0.852. The Balaban J connectivity index is 1.67. The molecule has 0 bridgehead atoms. The fraction of sp³-hybridized carbons (Fsp3) is 0.417. The SMILES string of the molecule is COc1ccc(C(C)NC(=O)C2(C)CCCN2C(=O)OCc2ccccc2)cc1OC. The van der Waals surface area contributed by atoms with Crippen LogP contribution in [0.5, 0.6) is 11.5 Å². The molecule has 2 aromatic rings. The molecule has 2 amide bonds. The van der Waals surface area contributed by atoms with Crippen molar-refractivity contribution in [1.82, 2.24) is 10.2 Å². The van der Waals surface area contributed by atoms with E-state index in [-0.39, 0.29) is 18.6 Å². The minimum absolute atomic E-state index is 0.177. The average Bonchev–Trinajstić information content (AvgIpc) is 3.20. The summed E-state index contributed by atoms with van der Waals surface area (Å²) in [7, 11) is 3.15. The number of likely N-dealkylation sites (tertiary alicyclic amines) is 1. The van der Waals surface area contributed by atoms with E-state index in [1.807, 2.05) is 49.4 Å². The van der Waals surface area contributed by atoms with Gasteiger partial charge in [0, 0.05) is 6.54 Å². The van der Waals surface area contributed by atoms with Crippen LogP contribution in [0.3, 0.4) is 0 Å². The van der Waals surface area contributed by atoms with Crippen LogP contribution in [0.1, 0.15) is 43.9 Å². The van der Waals surface area contributed by atoms with Crippen molar-refractivity contribution in [1.29, 1.82) is 0 Å². The molecule has 0 saturated carbocycles. The number of hydrogen-bond acceptors (Lipinski definition) is 5. The number of hydrogen-bond donors (Lipinski definition) is 1. The Hall–Kier alpha value is -3.22. The maximum absolute atomic E-state index is 13.2. The van der Waals surface area contributed by atoms with Crippen LogP contribution in [0, 0.1) is 0 Å². The average molecular weight is 427 g/mol. The van der Waals surface area contributed by atoms with Crippen LogP contribution in [0.15, 0.2) is 48.5 Å². The third-order valence-electron chi connectivity index (χ3n) is 5.81. The van der Waals surface area contributed by atoms with Gasteiger partial charge >= 0.3 is 6.09 Å². The van der Waals surface area contributed by atoms with E-state index in [0.29, 0.717) is 24.5 Å². The maximum Gasteiger partial charge on any atom is 0.410 e. The number of amides is 2. The van der Waals surface area contributed by atoms with Crippen molar-refractivity contribution in [2.45, 2.75) is 44.9 Å². The molecule has 1 aliphatic heterocycles. The molecule has 0 aliphatic carbocycles. The zero-order valence-corrected chi connectivity index (χ0v) is 18.5. The van der Waals surface area contributed by atoms with E-state index in [9.17, 15) is 9.59 Å². The highest BCUT2D eigenvalue weighted by Gasteiger charge is 2.46. The lowest BCUT2D eigenvalue weighted by atomic mass is 9.96. The first-order valence-electron chi connectivity index (χ1n) is 10.4. The van der Waals surface area contributed by atoms with Gasteiger partial charge in [-0.3, -0.25) is 9.69 Å². The number of methoxy groups -OCH3 is 2. The molecule has 3 rings (SSSR count). The highest BCUT2D eigenvalue weighted by Crippen LogP contribution is 2.33. The van der Waals surface area contributed by atoms with E-state index >= 15 is 0 Å². The molecule has 1 fully saturated rings. The number of carbonyl (C=O) groups is 2. The minimum Gasteiger partial charge on any atom is -0.493 e. The van der Waals surface area contributed by atoms with Gasteiger partial charge in [-0.15, -0.1) is 0 Å². The summed E-state index contributed by atoms with van der Waals surface area (Å²) in [5, 5.41) is 3.04. The lowest BCUT2D eigenvalue weighted by Gasteiger charge is -2.34. The Morgan fingerprint density at radius 1 is 1.10 bits per heavy atom. The Morgan fingerprint density at radius 3 is 2.48 bits per heavy atom. The maximum atomic E-state index is 13.2. The summed E-state index contributed by atoms with van der Waals surface area (Å²) in [5.74, 6) is 1.02. The first-order valence-corrected chi connectivity index (χ1v) is 10.4. The Morgan fingerprint density at radius 2 is 1.81 bits per heavy atom. The number of carbonyl (C=O) groups excluding carboxylic acids is 2. The van der Waals surface area contributed by atoms with Crippen LogP contribution in [0.4, 0.5) is 4.79 Å². The van der Waals surface area contributed by atoms with Gasteiger partial charge < -0.3 is 19.5 Å². The highest BCUT2D eigenvalue weighted by atomic mass is 16.6. The van der Waals surface area contributed by atoms with Gasteiger partial charge in [-0.05, 0) is 49.9 Å². The molecule has 2 aromatic carbocycles. The third-order valence-corrected chi connectivity index (χ3v) is 5.81. The molecular formula is C24H30N2O5. The Labute approximate surface area is 183 Å². The molecule has 31 heavy (non-hydrogen) atoms. The van der Waals surface area contributed by atoms with Crippen LogP contribution < -0.4 is 14.8 Å². The Kier molecular flexibility index (Phi) is 7.05. The topological polar surface area (TPSA) is 77.1 Å². The molecule has 0 spiro atoms. The van der Waals surface area contributed by atoms with Gasteiger partial charge in [-0.1, -0.05) is 36.4 Å². The first kappa shape index (κ1) is 22.5. The summed E-state index contributed by atoms with van der Waals surface area (Å²) < 4.78 is 16.1. The lowest BCUT2D eigenvalue weighted by molar-refractivity contribution is -0.131. The van der Waals surface area contributed by atoms with Crippen LogP contribution in [-0.4, -0.2) is 43.2 Å². The molecule has 1 heterocycles. The van der Waals surface area contributed by atoms with Crippen molar-refractivity contribution in [3.8, 4) is 11.5 Å². The van der Waals surface area contributed by atoms with Gasteiger partial charge in [-0.25, -0.2) is 4.79 Å². The van der Waals surface area contributed by atoms with Crippen molar-refractivity contribution in [3.05, 3.63) is 59.7 Å². The molecule has 1 aliphatic rings. The predicted octanol–water partition coefficient (Wildman–Crippen LogP) is 4.07. The van der Waals surface area contributed by atoms with Gasteiger partial charge in [0.1, 0.15) is 12.1 Å². The van der Waals surface area contributed by atoms with E-state index in [1.165, 1.54) is 4.90 Å². The summed E-state index contributed by atoms with van der Waals surface area (Å²) in [4.78, 5) is 27.5. The molecular weight excluding hydrogens is 396 g/mol. The van der Waals surface area contributed by atoms with E-state index in [4.69, 9.17) is 14.2 Å². The number of benzene rings is 2. The van der Waals surface area contributed by atoms with Crippen molar-refractivity contribution in [2.75, 3.05) is 20.8 Å². The standard InChI is InChI=1S/C24H30N2O5/c1-17(19-11-12-20(29-3)21(15-19)30-4)25-22(27)24(2)13-8-14-26(24)23(28)31-16-18-9-6-5-7-10-18/h5-7,9-12,15,17H,8,13-14,16H2,1-4H3,(H,25,27). The van der Waals surface area contributed by atoms with Gasteiger partial charge in [0.25, 0.3) is 0 Å². The molecule has 7 nitrogen and oxygen atoms in total. The smallest absolute Gasteiger partial charge is 0.410 e. The zero-order chi connectivity index (χ0) is 22.4. The van der Waals surface area contributed by atoms with Crippen LogP contribution in [-0.2, 0) is 16.1 Å². The summed E-state index contributed by atoms with van der Waals surface area (Å²) in [6, 6.07) is 14.8. The van der Waals surface area contributed by atoms with E-state index < -0.39 is 11.6 Å².